The molecule has 0 heterocycles. The number of esters is 1. The summed E-state index contributed by atoms with van der Waals surface area (Å²) in [5.74, 6) is -0.659. The van der Waals surface area contributed by atoms with Gasteiger partial charge in [-0.3, -0.25) is 9.59 Å². The van der Waals surface area contributed by atoms with Gasteiger partial charge in [-0.05, 0) is 12.3 Å². The van der Waals surface area contributed by atoms with E-state index in [4.69, 9.17) is 5.11 Å². The first-order valence-electron chi connectivity index (χ1n) is 5.90. The number of hydrogen-bond donors (Lipinski definition) is 1. The molecule has 0 amide bonds. The number of aliphatic carboxylic acids is 1. The average molecular weight is 244 g/mol. The minimum absolute atomic E-state index is 0.221. The van der Waals surface area contributed by atoms with E-state index in [1.165, 1.54) is 6.92 Å². The second-order valence-corrected chi connectivity index (χ2v) is 4.05. The molecule has 0 radical (unpaired) electrons. The van der Waals surface area contributed by atoms with Crippen molar-refractivity contribution in [2.45, 2.75) is 47.0 Å². The van der Waals surface area contributed by atoms with Gasteiger partial charge in [-0.25, -0.2) is 0 Å². The third-order valence-electron chi connectivity index (χ3n) is 1.59. The van der Waals surface area contributed by atoms with Gasteiger partial charge in [-0.15, -0.1) is 0 Å². The second-order valence-electron chi connectivity index (χ2n) is 4.05. The van der Waals surface area contributed by atoms with E-state index in [0.717, 1.165) is 12.8 Å². The Morgan fingerprint density at radius 3 is 2.18 bits per heavy atom. The normalized spacial score (nSPS) is 9.94. The van der Waals surface area contributed by atoms with E-state index >= 15 is 0 Å². The molecule has 0 saturated carbocycles. The first-order chi connectivity index (χ1) is 7.90. The van der Waals surface area contributed by atoms with Gasteiger partial charge in [-0.2, -0.15) is 0 Å². The summed E-state index contributed by atoms with van der Waals surface area (Å²) in [6, 6.07) is 0. The van der Waals surface area contributed by atoms with Gasteiger partial charge in [0.15, 0.2) is 0 Å². The lowest BCUT2D eigenvalue weighted by molar-refractivity contribution is -0.140. The van der Waals surface area contributed by atoms with E-state index in [1.54, 1.807) is 0 Å². The first-order valence-corrected chi connectivity index (χ1v) is 5.90. The zero-order valence-electron chi connectivity index (χ0n) is 11.2. The summed E-state index contributed by atoms with van der Waals surface area (Å²) >= 11 is 0. The monoisotopic (exact) mass is 244 g/mol. The van der Waals surface area contributed by atoms with Crippen molar-refractivity contribution in [3.8, 4) is 0 Å². The summed E-state index contributed by atoms with van der Waals surface area (Å²) < 4.78 is 4.66. The minimum Gasteiger partial charge on any atom is -0.481 e. The number of carbonyl (C=O) groups excluding carboxylic acids is 1. The molecule has 100 valence electrons. The van der Waals surface area contributed by atoms with Crippen molar-refractivity contribution in [1.29, 1.82) is 0 Å². The third-order valence-corrected chi connectivity index (χ3v) is 1.59. The maximum absolute atomic E-state index is 10.2. The van der Waals surface area contributed by atoms with E-state index in [0.29, 0.717) is 6.61 Å². The van der Waals surface area contributed by atoms with Crippen molar-refractivity contribution in [2.75, 3.05) is 6.61 Å². The number of unbranched alkanes of at least 4 members (excludes halogenated alkanes) is 1. The molecule has 17 heavy (non-hydrogen) atoms. The summed E-state index contributed by atoms with van der Waals surface area (Å²) in [6.07, 6.45) is 6.35. The van der Waals surface area contributed by atoms with E-state index in [1.807, 2.05) is 26.0 Å². The van der Waals surface area contributed by atoms with Gasteiger partial charge in [0.2, 0.25) is 0 Å². The van der Waals surface area contributed by atoms with E-state index in [-0.39, 0.29) is 18.3 Å². The Morgan fingerprint density at radius 2 is 1.88 bits per heavy atom. The topological polar surface area (TPSA) is 63.6 Å². The van der Waals surface area contributed by atoms with Crippen LogP contribution in [0.15, 0.2) is 12.2 Å². The summed E-state index contributed by atoms with van der Waals surface area (Å²) in [5, 5.41) is 8.08. The Morgan fingerprint density at radius 1 is 1.29 bits per heavy atom. The Labute approximate surface area is 104 Å². The lowest BCUT2D eigenvalue weighted by atomic mass is 10.1. The highest BCUT2D eigenvalue weighted by atomic mass is 16.5. The fourth-order valence-electron chi connectivity index (χ4n) is 0.867. The molecule has 0 unspecified atom stereocenters. The predicted molar refractivity (Wildman–Crippen MR) is 67.8 cm³/mol. The van der Waals surface area contributed by atoms with E-state index in [9.17, 15) is 9.59 Å². The molecule has 4 nitrogen and oxygen atoms in total. The molecule has 0 aliphatic heterocycles. The molecule has 0 aliphatic carbocycles. The maximum Gasteiger partial charge on any atom is 0.303 e. The predicted octanol–water partition coefficient (Wildman–Crippen LogP) is 3.02. The highest BCUT2D eigenvalue weighted by Gasteiger charge is 1.98. The van der Waals surface area contributed by atoms with Crippen LogP contribution in [-0.2, 0) is 14.3 Å². The van der Waals surface area contributed by atoms with Gasteiger partial charge in [0.1, 0.15) is 6.61 Å². The molecule has 0 aromatic carbocycles. The SMILES string of the molecule is CC(C)CC(=O)O.CCC/C=C/COC(C)=O. The number of carboxylic acids is 1. The lowest BCUT2D eigenvalue weighted by Gasteiger charge is -1.94. The Bertz CT molecular complexity index is 232. The van der Waals surface area contributed by atoms with Crippen LogP contribution in [0.3, 0.4) is 0 Å². The van der Waals surface area contributed by atoms with Crippen LogP contribution in [0.1, 0.15) is 47.0 Å². The van der Waals surface area contributed by atoms with Crippen LogP contribution in [0.5, 0.6) is 0 Å². The summed E-state index contributed by atoms with van der Waals surface area (Å²) in [6.45, 7) is 7.70. The number of rotatable bonds is 6. The molecule has 0 aromatic heterocycles. The smallest absolute Gasteiger partial charge is 0.303 e. The maximum atomic E-state index is 10.2. The van der Waals surface area contributed by atoms with Crippen LogP contribution in [0.4, 0.5) is 0 Å². The van der Waals surface area contributed by atoms with E-state index < -0.39 is 5.97 Å². The molecular formula is C13H24O4. The van der Waals surface area contributed by atoms with E-state index in [2.05, 4.69) is 11.7 Å². The standard InChI is InChI=1S/C8H14O2.C5H10O2/c1-3-4-5-6-7-10-8(2)9;1-4(2)3-5(6)7/h5-6H,3-4,7H2,1-2H3;4H,3H2,1-2H3,(H,6,7)/b6-5+;. The fourth-order valence-corrected chi connectivity index (χ4v) is 0.867. The zero-order valence-corrected chi connectivity index (χ0v) is 11.2. The Kier molecular flexibility index (Phi) is 13.5. The van der Waals surface area contributed by atoms with Crippen LogP contribution in [0.25, 0.3) is 0 Å². The molecular weight excluding hydrogens is 220 g/mol. The van der Waals surface area contributed by atoms with Crippen LogP contribution in [0, 0.1) is 5.92 Å². The van der Waals surface area contributed by atoms with Crippen molar-refractivity contribution in [3.63, 3.8) is 0 Å². The molecule has 0 fully saturated rings. The first kappa shape index (κ1) is 18.1. The van der Waals surface area contributed by atoms with Gasteiger partial charge in [-0.1, -0.05) is 39.3 Å². The summed E-state index contributed by atoms with van der Waals surface area (Å²) in [5.41, 5.74) is 0. The Balaban J connectivity index is 0. The second kappa shape index (κ2) is 12.7. The molecule has 0 bridgehead atoms. The van der Waals surface area contributed by atoms with Gasteiger partial charge < -0.3 is 9.84 Å². The molecule has 1 N–H and O–H groups in total. The number of carbonyl (C=O) groups is 2. The Hall–Kier alpha value is -1.32. The highest BCUT2D eigenvalue weighted by molar-refractivity contribution is 5.66. The number of ether oxygens (including phenoxy) is 1. The van der Waals surface area contributed by atoms with Gasteiger partial charge >= 0.3 is 11.9 Å². The summed E-state index contributed by atoms with van der Waals surface area (Å²) in [4.78, 5) is 20.0. The quantitative estimate of drug-likeness (QED) is 0.576. The summed E-state index contributed by atoms with van der Waals surface area (Å²) in [7, 11) is 0. The fraction of sp³-hybridized carbons (Fsp3) is 0.692. The van der Waals surface area contributed by atoms with Crippen molar-refractivity contribution in [2.24, 2.45) is 5.92 Å². The molecule has 0 saturated heterocycles. The van der Waals surface area contributed by atoms with Gasteiger partial charge in [0.25, 0.3) is 0 Å². The van der Waals surface area contributed by atoms with Gasteiger partial charge in [0.05, 0.1) is 0 Å². The molecule has 0 aromatic rings. The van der Waals surface area contributed by atoms with Crippen molar-refractivity contribution in [1.82, 2.24) is 0 Å². The highest BCUT2D eigenvalue weighted by Crippen LogP contribution is 1.96. The van der Waals surface area contributed by atoms with Crippen molar-refractivity contribution in [3.05, 3.63) is 12.2 Å². The van der Waals surface area contributed by atoms with Crippen LogP contribution >= 0.6 is 0 Å². The molecule has 0 spiro atoms. The van der Waals surface area contributed by atoms with Crippen molar-refractivity contribution >= 4 is 11.9 Å². The number of allylic oxidation sites excluding steroid dienone is 1. The third kappa shape index (κ3) is 25.2. The average Bonchev–Trinajstić information content (AvgIpc) is 2.15. The lowest BCUT2D eigenvalue weighted by Crippen LogP contribution is -1.99. The van der Waals surface area contributed by atoms with Crippen LogP contribution < -0.4 is 0 Å². The molecule has 0 rings (SSSR count). The van der Waals surface area contributed by atoms with Crippen molar-refractivity contribution < 1.29 is 19.4 Å². The number of carboxylic acid groups (broad SMARTS) is 1. The largest absolute Gasteiger partial charge is 0.481 e. The minimum atomic E-state index is -0.713. The molecule has 4 heteroatoms. The van der Waals surface area contributed by atoms with Crippen LogP contribution in [0.2, 0.25) is 0 Å². The molecule has 0 aliphatic rings. The number of hydrogen-bond acceptors (Lipinski definition) is 3. The van der Waals surface area contributed by atoms with Gasteiger partial charge in [0, 0.05) is 13.3 Å². The van der Waals surface area contributed by atoms with Crippen LogP contribution in [-0.4, -0.2) is 23.7 Å². The molecule has 0 atom stereocenters. The zero-order chi connectivity index (χ0) is 13.7.